The Hall–Kier alpha value is 0. The molecule has 0 heterocycles. The summed E-state index contributed by atoms with van der Waals surface area (Å²) in [4.78, 5) is 0. The van der Waals surface area contributed by atoms with Crippen LogP contribution in [0.5, 0.6) is 0 Å². The molecule has 2 fully saturated rings. The van der Waals surface area contributed by atoms with Gasteiger partial charge in [0.05, 0.1) is 0 Å². The second-order valence-electron chi connectivity index (χ2n) is 7.66. The molecule has 0 amide bonds. The molecule has 2 rings (SSSR count). The van der Waals surface area contributed by atoms with Crippen molar-refractivity contribution in [1.29, 1.82) is 0 Å². The van der Waals surface area contributed by atoms with Crippen molar-refractivity contribution in [2.45, 2.75) is 104 Å². The van der Waals surface area contributed by atoms with Gasteiger partial charge in [-0.3, -0.25) is 0 Å². The van der Waals surface area contributed by atoms with Gasteiger partial charge in [0.25, 0.3) is 0 Å². The molecule has 0 nitrogen and oxygen atoms in total. The third-order valence-electron chi connectivity index (χ3n) is 6.37. The van der Waals surface area contributed by atoms with Crippen LogP contribution in [0.4, 0.5) is 0 Å². The maximum Gasteiger partial charge on any atom is -0.0272 e. The monoisotopic (exact) mass is 250 g/mol. The molecule has 2 aliphatic carbocycles. The van der Waals surface area contributed by atoms with Gasteiger partial charge in [0, 0.05) is 0 Å². The van der Waals surface area contributed by atoms with Crippen LogP contribution in [-0.2, 0) is 0 Å². The van der Waals surface area contributed by atoms with Crippen molar-refractivity contribution in [3.05, 3.63) is 0 Å². The maximum atomic E-state index is 2.64. The van der Waals surface area contributed by atoms with E-state index in [4.69, 9.17) is 0 Å². The Balaban J connectivity index is 2.07. The molecule has 0 unspecified atom stereocenters. The van der Waals surface area contributed by atoms with Crippen LogP contribution >= 0.6 is 0 Å². The molecule has 0 radical (unpaired) electrons. The van der Waals surface area contributed by atoms with Crippen LogP contribution in [0.25, 0.3) is 0 Å². The molecule has 0 saturated heterocycles. The summed E-state index contributed by atoms with van der Waals surface area (Å²) in [5.74, 6) is 0. The topological polar surface area (TPSA) is 0 Å². The average Bonchev–Trinajstić information content (AvgIpc) is 2.29. The lowest BCUT2D eigenvalue weighted by atomic mass is 9.56. The van der Waals surface area contributed by atoms with Crippen LogP contribution in [0.2, 0.25) is 0 Å². The highest BCUT2D eigenvalue weighted by Crippen LogP contribution is 2.54. The van der Waals surface area contributed by atoms with E-state index in [0.29, 0.717) is 10.8 Å². The van der Waals surface area contributed by atoms with Crippen molar-refractivity contribution >= 4 is 0 Å². The van der Waals surface area contributed by atoms with Crippen molar-refractivity contribution in [3.63, 3.8) is 0 Å². The molecule has 18 heavy (non-hydrogen) atoms. The molecular formula is C18H34. The van der Waals surface area contributed by atoms with E-state index in [2.05, 4.69) is 13.8 Å². The van der Waals surface area contributed by atoms with Crippen molar-refractivity contribution in [2.75, 3.05) is 0 Å². The molecule has 106 valence electrons. The minimum absolute atomic E-state index is 0.644. The molecule has 0 N–H and O–H groups in total. The molecule has 0 aromatic heterocycles. The lowest BCUT2D eigenvalue weighted by Crippen LogP contribution is -2.38. The van der Waals surface area contributed by atoms with Crippen molar-refractivity contribution in [1.82, 2.24) is 0 Å². The second-order valence-corrected chi connectivity index (χ2v) is 7.66. The Labute approximate surface area is 115 Å². The predicted octanol–water partition coefficient (Wildman–Crippen LogP) is 6.49. The fourth-order valence-electron chi connectivity index (χ4n) is 4.58. The molecule has 0 spiro atoms. The molecule has 0 aliphatic heterocycles. The van der Waals surface area contributed by atoms with Crippen molar-refractivity contribution in [3.8, 4) is 0 Å². The van der Waals surface area contributed by atoms with Crippen molar-refractivity contribution < 1.29 is 0 Å². The zero-order chi connectivity index (χ0) is 12.9. The summed E-state index contributed by atoms with van der Waals surface area (Å²) in [5.41, 5.74) is 1.29. The SMILES string of the molecule is CC1(C2(C)CCCCCCC2)CCCCCCC1. The lowest BCUT2D eigenvalue weighted by molar-refractivity contribution is 0.0142. The summed E-state index contributed by atoms with van der Waals surface area (Å²) in [5, 5.41) is 0. The van der Waals surface area contributed by atoms with E-state index < -0.39 is 0 Å². The van der Waals surface area contributed by atoms with Gasteiger partial charge in [-0.1, -0.05) is 78.1 Å². The standard InChI is InChI=1S/C18H34/c1-17(13-9-5-3-6-10-14-17)18(2)15-11-7-4-8-12-16-18/h3-16H2,1-2H3. The zero-order valence-corrected chi connectivity index (χ0v) is 12.9. The normalized spacial score (nSPS) is 29.7. The molecule has 0 heteroatoms. The van der Waals surface area contributed by atoms with Gasteiger partial charge in [0.2, 0.25) is 0 Å². The van der Waals surface area contributed by atoms with Gasteiger partial charge in [-0.05, 0) is 36.5 Å². The van der Waals surface area contributed by atoms with Crippen LogP contribution in [0, 0.1) is 10.8 Å². The Morgan fingerprint density at radius 2 is 0.611 bits per heavy atom. The Morgan fingerprint density at radius 3 is 0.889 bits per heavy atom. The first-order valence-corrected chi connectivity index (χ1v) is 8.66. The van der Waals surface area contributed by atoms with E-state index in [0.717, 1.165) is 0 Å². The average molecular weight is 250 g/mol. The first kappa shape index (κ1) is 14.4. The summed E-state index contributed by atoms with van der Waals surface area (Å²) in [6, 6.07) is 0. The molecule has 0 bridgehead atoms. The van der Waals surface area contributed by atoms with Crippen LogP contribution in [-0.4, -0.2) is 0 Å². The Morgan fingerprint density at radius 1 is 0.389 bits per heavy atom. The van der Waals surface area contributed by atoms with Gasteiger partial charge < -0.3 is 0 Å². The minimum atomic E-state index is 0.644. The largest absolute Gasteiger partial charge is 0.0591 e. The second kappa shape index (κ2) is 6.44. The summed E-state index contributed by atoms with van der Waals surface area (Å²) in [6.45, 7) is 5.28. The highest BCUT2D eigenvalue weighted by molar-refractivity contribution is 4.93. The quantitative estimate of drug-likeness (QED) is 0.499. The Bertz CT molecular complexity index is 198. The number of hydrogen-bond acceptors (Lipinski definition) is 0. The highest BCUT2D eigenvalue weighted by Gasteiger charge is 2.42. The molecular weight excluding hydrogens is 216 g/mol. The van der Waals surface area contributed by atoms with Gasteiger partial charge in [0.15, 0.2) is 0 Å². The lowest BCUT2D eigenvalue weighted by Gasteiger charge is -2.49. The summed E-state index contributed by atoms with van der Waals surface area (Å²) in [6.07, 6.45) is 20.9. The molecule has 2 saturated carbocycles. The fraction of sp³-hybridized carbons (Fsp3) is 1.00. The van der Waals surface area contributed by atoms with E-state index in [1.165, 1.54) is 89.9 Å². The third-order valence-corrected chi connectivity index (χ3v) is 6.37. The van der Waals surface area contributed by atoms with Gasteiger partial charge in [-0.2, -0.15) is 0 Å². The number of hydrogen-bond donors (Lipinski definition) is 0. The predicted molar refractivity (Wildman–Crippen MR) is 80.9 cm³/mol. The van der Waals surface area contributed by atoms with Crippen LogP contribution in [0.15, 0.2) is 0 Å². The molecule has 0 atom stereocenters. The van der Waals surface area contributed by atoms with Crippen LogP contribution in [0.3, 0.4) is 0 Å². The maximum absolute atomic E-state index is 2.64. The third kappa shape index (κ3) is 3.31. The molecule has 0 aromatic rings. The zero-order valence-electron chi connectivity index (χ0n) is 12.9. The Kier molecular flexibility index (Phi) is 5.15. The van der Waals surface area contributed by atoms with Gasteiger partial charge in [-0.25, -0.2) is 0 Å². The van der Waals surface area contributed by atoms with Gasteiger partial charge in [0.1, 0.15) is 0 Å². The van der Waals surface area contributed by atoms with Crippen molar-refractivity contribution in [2.24, 2.45) is 10.8 Å². The van der Waals surface area contributed by atoms with E-state index in [1.807, 2.05) is 0 Å². The minimum Gasteiger partial charge on any atom is -0.0591 e. The first-order valence-electron chi connectivity index (χ1n) is 8.66. The van der Waals surface area contributed by atoms with E-state index in [1.54, 1.807) is 0 Å². The van der Waals surface area contributed by atoms with E-state index >= 15 is 0 Å². The smallest absolute Gasteiger partial charge is 0.0272 e. The summed E-state index contributed by atoms with van der Waals surface area (Å²) >= 11 is 0. The fourth-order valence-corrected chi connectivity index (χ4v) is 4.58. The molecule has 2 aliphatic rings. The van der Waals surface area contributed by atoms with Gasteiger partial charge in [-0.15, -0.1) is 0 Å². The van der Waals surface area contributed by atoms with Crippen LogP contribution in [0.1, 0.15) is 104 Å². The highest BCUT2D eigenvalue weighted by atomic mass is 14.5. The summed E-state index contributed by atoms with van der Waals surface area (Å²) in [7, 11) is 0. The van der Waals surface area contributed by atoms with E-state index in [-0.39, 0.29) is 0 Å². The summed E-state index contributed by atoms with van der Waals surface area (Å²) < 4.78 is 0. The van der Waals surface area contributed by atoms with E-state index in [9.17, 15) is 0 Å². The van der Waals surface area contributed by atoms with Gasteiger partial charge >= 0.3 is 0 Å². The number of rotatable bonds is 1. The van der Waals surface area contributed by atoms with Crippen LogP contribution < -0.4 is 0 Å². The molecule has 0 aromatic carbocycles. The first-order chi connectivity index (χ1) is 8.66.